The summed E-state index contributed by atoms with van der Waals surface area (Å²) in [5.74, 6) is 0. The van der Waals surface area contributed by atoms with Crippen LogP contribution in [-0.4, -0.2) is 4.98 Å². The first-order chi connectivity index (χ1) is 11.4. The van der Waals surface area contributed by atoms with E-state index in [9.17, 15) is 0 Å². The van der Waals surface area contributed by atoms with Gasteiger partial charge < -0.3 is 0 Å². The zero-order chi connectivity index (χ0) is 17.3. The van der Waals surface area contributed by atoms with Crippen LogP contribution in [-0.2, 0) is 5.41 Å². The molecule has 1 nitrogen and oxygen atoms in total. The van der Waals surface area contributed by atoms with Crippen molar-refractivity contribution in [2.45, 2.75) is 40.0 Å². The summed E-state index contributed by atoms with van der Waals surface area (Å²) in [7, 11) is 0. The molecule has 0 aliphatic rings. The molecule has 2 aromatic carbocycles. The Bertz CT molecular complexity index is 855. The van der Waals surface area contributed by atoms with Crippen LogP contribution < -0.4 is 0 Å². The lowest BCUT2D eigenvalue weighted by Crippen LogP contribution is -2.13. The third-order valence-corrected chi connectivity index (χ3v) is 4.58. The average molecular weight is 315 g/mol. The minimum Gasteiger partial charge on any atom is -0.256 e. The summed E-state index contributed by atoms with van der Waals surface area (Å²) < 4.78 is 0. The lowest BCUT2D eigenvalue weighted by Gasteiger charge is -2.24. The van der Waals surface area contributed by atoms with Crippen molar-refractivity contribution in [3.8, 4) is 22.4 Å². The van der Waals surface area contributed by atoms with Crippen LogP contribution in [0.25, 0.3) is 22.4 Å². The van der Waals surface area contributed by atoms with Gasteiger partial charge in [0.05, 0.1) is 5.69 Å². The van der Waals surface area contributed by atoms with Crippen LogP contribution in [0.15, 0.2) is 60.8 Å². The van der Waals surface area contributed by atoms with Gasteiger partial charge >= 0.3 is 0 Å². The van der Waals surface area contributed by atoms with E-state index in [0.29, 0.717) is 0 Å². The van der Waals surface area contributed by atoms with E-state index >= 15 is 0 Å². The standard InChI is InChI=1S/C23H25N/c1-16-13-22(24-15-17(16)2)20-14-19(18-9-7-6-8-10-18)11-12-21(20)23(3,4)5/h6-15H,1-5H3. The number of aromatic nitrogens is 1. The van der Waals surface area contributed by atoms with Crippen molar-refractivity contribution < 1.29 is 0 Å². The summed E-state index contributed by atoms with van der Waals surface area (Å²) >= 11 is 0. The number of hydrogen-bond donors (Lipinski definition) is 0. The number of nitrogens with zero attached hydrogens (tertiary/aromatic N) is 1. The molecule has 0 fully saturated rings. The Labute approximate surface area is 145 Å². The highest BCUT2D eigenvalue weighted by atomic mass is 14.7. The fourth-order valence-corrected chi connectivity index (χ4v) is 2.99. The lowest BCUT2D eigenvalue weighted by atomic mass is 9.81. The fraction of sp³-hybridized carbons (Fsp3) is 0.261. The molecule has 0 N–H and O–H groups in total. The molecule has 0 bridgehead atoms. The van der Waals surface area contributed by atoms with Gasteiger partial charge in [-0.05, 0) is 59.2 Å². The third kappa shape index (κ3) is 3.26. The number of hydrogen-bond acceptors (Lipinski definition) is 1. The minimum absolute atomic E-state index is 0.0744. The van der Waals surface area contributed by atoms with Crippen LogP contribution >= 0.6 is 0 Å². The molecule has 3 rings (SSSR count). The van der Waals surface area contributed by atoms with Crippen LogP contribution in [0.2, 0.25) is 0 Å². The van der Waals surface area contributed by atoms with Crippen molar-refractivity contribution in [3.05, 3.63) is 77.5 Å². The normalized spacial score (nSPS) is 11.5. The molecule has 0 unspecified atom stereocenters. The van der Waals surface area contributed by atoms with E-state index in [-0.39, 0.29) is 5.41 Å². The summed E-state index contributed by atoms with van der Waals surface area (Å²) in [4.78, 5) is 4.72. The molecule has 1 aromatic heterocycles. The maximum Gasteiger partial charge on any atom is 0.0707 e. The molecule has 0 aliphatic heterocycles. The summed E-state index contributed by atoms with van der Waals surface area (Å²) in [6, 6.07) is 19.5. The quantitative estimate of drug-likeness (QED) is 0.538. The van der Waals surface area contributed by atoms with E-state index in [0.717, 1.165) is 5.69 Å². The van der Waals surface area contributed by atoms with Gasteiger partial charge in [-0.1, -0.05) is 63.2 Å². The number of benzene rings is 2. The molecule has 0 atom stereocenters. The molecule has 3 aromatic rings. The van der Waals surface area contributed by atoms with Crippen molar-refractivity contribution in [1.29, 1.82) is 0 Å². The third-order valence-electron chi connectivity index (χ3n) is 4.58. The highest BCUT2D eigenvalue weighted by molar-refractivity contribution is 5.75. The van der Waals surface area contributed by atoms with Gasteiger partial charge in [-0.25, -0.2) is 0 Å². The van der Waals surface area contributed by atoms with E-state index in [4.69, 9.17) is 4.98 Å². The highest BCUT2D eigenvalue weighted by Gasteiger charge is 2.20. The van der Waals surface area contributed by atoms with Gasteiger partial charge in [0.25, 0.3) is 0 Å². The molecule has 0 saturated heterocycles. The maximum absolute atomic E-state index is 4.72. The smallest absolute Gasteiger partial charge is 0.0707 e. The first kappa shape index (κ1) is 16.4. The molecule has 1 heterocycles. The first-order valence-corrected chi connectivity index (χ1v) is 8.50. The van der Waals surface area contributed by atoms with E-state index in [1.807, 2.05) is 6.20 Å². The Morgan fingerprint density at radius 1 is 0.750 bits per heavy atom. The van der Waals surface area contributed by atoms with Crippen molar-refractivity contribution in [2.24, 2.45) is 0 Å². The average Bonchev–Trinajstić information content (AvgIpc) is 2.57. The van der Waals surface area contributed by atoms with E-state index in [1.165, 1.54) is 33.4 Å². The van der Waals surface area contributed by atoms with Gasteiger partial charge in [-0.15, -0.1) is 0 Å². The molecule has 0 aliphatic carbocycles. The monoisotopic (exact) mass is 315 g/mol. The molecule has 122 valence electrons. The summed E-state index contributed by atoms with van der Waals surface area (Å²) in [5.41, 5.74) is 8.68. The molecule has 24 heavy (non-hydrogen) atoms. The van der Waals surface area contributed by atoms with Crippen molar-refractivity contribution in [1.82, 2.24) is 4.98 Å². The molecule has 0 saturated carbocycles. The summed E-state index contributed by atoms with van der Waals surface area (Å²) in [6.07, 6.45) is 1.98. The largest absolute Gasteiger partial charge is 0.256 e. The van der Waals surface area contributed by atoms with Gasteiger partial charge in [0, 0.05) is 11.8 Å². The van der Waals surface area contributed by atoms with Crippen molar-refractivity contribution in [3.63, 3.8) is 0 Å². The predicted molar refractivity (Wildman–Crippen MR) is 103 cm³/mol. The Morgan fingerprint density at radius 2 is 1.46 bits per heavy atom. The minimum atomic E-state index is 0.0744. The van der Waals surface area contributed by atoms with Crippen molar-refractivity contribution in [2.75, 3.05) is 0 Å². The summed E-state index contributed by atoms with van der Waals surface area (Å²) in [5, 5.41) is 0. The molecular weight excluding hydrogens is 290 g/mol. The Morgan fingerprint density at radius 3 is 2.08 bits per heavy atom. The van der Waals surface area contributed by atoms with E-state index in [1.54, 1.807) is 0 Å². The van der Waals surface area contributed by atoms with Crippen molar-refractivity contribution >= 4 is 0 Å². The topological polar surface area (TPSA) is 12.9 Å². The van der Waals surface area contributed by atoms with Gasteiger partial charge in [0.1, 0.15) is 0 Å². The lowest BCUT2D eigenvalue weighted by molar-refractivity contribution is 0.592. The Kier molecular flexibility index (Phi) is 4.28. The fourth-order valence-electron chi connectivity index (χ4n) is 2.99. The first-order valence-electron chi connectivity index (χ1n) is 8.50. The van der Waals surface area contributed by atoms with Crippen LogP contribution in [0.1, 0.15) is 37.5 Å². The molecule has 0 spiro atoms. The van der Waals surface area contributed by atoms with Crippen LogP contribution in [0.5, 0.6) is 0 Å². The number of aryl methyl sites for hydroxylation is 2. The van der Waals surface area contributed by atoms with Crippen LogP contribution in [0, 0.1) is 13.8 Å². The van der Waals surface area contributed by atoms with Gasteiger partial charge in [-0.3, -0.25) is 4.98 Å². The van der Waals surface area contributed by atoms with Gasteiger partial charge in [-0.2, -0.15) is 0 Å². The molecular formula is C23H25N. The van der Waals surface area contributed by atoms with Gasteiger partial charge in [0.15, 0.2) is 0 Å². The summed E-state index contributed by atoms with van der Waals surface area (Å²) in [6.45, 7) is 11.0. The Balaban J connectivity index is 2.22. The zero-order valence-electron chi connectivity index (χ0n) is 15.2. The molecule has 0 radical (unpaired) electrons. The second-order valence-corrected chi connectivity index (χ2v) is 7.53. The van der Waals surface area contributed by atoms with Gasteiger partial charge in [0.2, 0.25) is 0 Å². The highest BCUT2D eigenvalue weighted by Crippen LogP contribution is 2.35. The maximum atomic E-state index is 4.72. The second-order valence-electron chi connectivity index (χ2n) is 7.53. The van der Waals surface area contributed by atoms with Crippen LogP contribution in [0.3, 0.4) is 0 Å². The zero-order valence-corrected chi connectivity index (χ0v) is 15.2. The second kappa shape index (κ2) is 6.24. The number of rotatable bonds is 2. The molecule has 0 amide bonds. The molecule has 1 heteroatoms. The van der Waals surface area contributed by atoms with Crippen LogP contribution in [0.4, 0.5) is 0 Å². The Hall–Kier alpha value is -2.41. The number of pyridine rings is 1. The van der Waals surface area contributed by atoms with E-state index < -0.39 is 0 Å². The predicted octanol–water partition coefficient (Wildman–Crippen LogP) is 6.33. The SMILES string of the molecule is Cc1cnc(-c2cc(-c3ccccc3)ccc2C(C)(C)C)cc1C. The van der Waals surface area contributed by atoms with E-state index in [2.05, 4.69) is 89.2 Å².